The molecule has 47 heavy (non-hydrogen) atoms. The summed E-state index contributed by atoms with van der Waals surface area (Å²) in [5, 5.41) is 13.0. The van der Waals surface area contributed by atoms with Gasteiger partial charge in [-0.2, -0.15) is 0 Å². The molecule has 0 aromatic heterocycles. The molecule has 1 unspecified atom stereocenters. The second-order valence-corrected chi connectivity index (χ2v) is 15.0. The summed E-state index contributed by atoms with van der Waals surface area (Å²) in [5.74, 6) is -3.09. The number of benzene rings is 3. The Bertz CT molecular complexity index is 1430. The molecule has 1 N–H and O–H groups in total. The molecule has 3 aliphatic rings. The average molecular weight is 670 g/mol. The summed E-state index contributed by atoms with van der Waals surface area (Å²) in [6, 6.07) is 28.3. The summed E-state index contributed by atoms with van der Waals surface area (Å²) < 4.78 is 64.5. The van der Waals surface area contributed by atoms with E-state index in [1.54, 1.807) is 13.8 Å². The van der Waals surface area contributed by atoms with Gasteiger partial charge in [0.05, 0.1) is 33.0 Å². The fourth-order valence-corrected chi connectivity index (χ4v) is 7.81. The van der Waals surface area contributed by atoms with E-state index in [4.69, 9.17) is 37.5 Å². The smallest absolute Gasteiger partial charge is 0.353 e. The number of ether oxygens (including phenoxy) is 6. The monoisotopic (exact) mass is 669 g/mol. The third-order valence-electron chi connectivity index (χ3n) is 8.28. The highest BCUT2D eigenvalue weighted by atomic mass is 31.2. The Morgan fingerprint density at radius 1 is 0.745 bits per heavy atom. The molecule has 0 saturated carbocycles. The lowest BCUT2D eigenvalue weighted by Crippen LogP contribution is -2.49. The van der Waals surface area contributed by atoms with Crippen LogP contribution in [0.25, 0.3) is 0 Å². The number of rotatable bonds is 14. The van der Waals surface area contributed by atoms with E-state index in [1.807, 2.05) is 105 Å². The first-order valence-electron chi connectivity index (χ1n) is 15.9. The van der Waals surface area contributed by atoms with E-state index in [0.29, 0.717) is 0 Å². The lowest BCUT2D eigenvalue weighted by molar-refractivity contribution is -0.280. The first-order chi connectivity index (χ1) is 22.5. The van der Waals surface area contributed by atoms with E-state index in [9.17, 15) is 5.21 Å². The molecule has 254 valence electrons. The van der Waals surface area contributed by atoms with Crippen molar-refractivity contribution in [2.24, 2.45) is 0 Å². The molecule has 3 heterocycles. The summed E-state index contributed by atoms with van der Waals surface area (Å²) in [6.45, 7) is 7.47. The van der Waals surface area contributed by atoms with Crippen molar-refractivity contribution >= 4 is 7.60 Å². The fourth-order valence-electron chi connectivity index (χ4n) is 6.02. The minimum atomic E-state index is -4.21. The maximum atomic E-state index is 15.0. The quantitative estimate of drug-likeness (QED) is 0.155. The molecular formula is C35H44NO10P. The molecule has 12 heteroatoms. The van der Waals surface area contributed by atoms with Crippen molar-refractivity contribution in [3.05, 3.63) is 108 Å². The molecule has 0 amide bonds. The van der Waals surface area contributed by atoms with Crippen molar-refractivity contribution in [1.29, 1.82) is 0 Å². The second-order valence-electron chi connectivity index (χ2n) is 12.8. The van der Waals surface area contributed by atoms with Gasteiger partial charge in [0.2, 0.25) is 0 Å². The van der Waals surface area contributed by atoms with Crippen LogP contribution < -0.4 is 0 Å². The third-order valence-corrected chi connectivity index (χ3v) is 10.4. The van der Waals surface area contributed by atoms with Crippen LogP contribution in [0.4, 0.5) is 0 Å². The summed E-state index contributed by atoms with van der Waals surface area (Å²) in [7, 11) is -4.21. The lowest BCUT2D eigenvalue weighted by atomic mass is 10.1. The zero-order valence-electron chi connectivity index (χ0n) is 27.2. The topological polar surface area (TPSA) is 114 Å². The molecule has 0 radical (unpaired) electrons. The Morgan fingerprint density at radius 2 is 1.26 bits per heavy atom. The molecule has 3 fully saturated rings. The molecule has 0 aliphatic carbocycles. The van der Waals surface area contributed by atoms with E-state index in [1.165, 1.54) is 0 Å². The predicted octanol–water partition coefficient (Wildman–Crippen LogP) is 6.24. The molecule has 6 atom stereocenters. The van der Waals surface area contributed by atoms with Gasteiger partial charge < -0.3 is 42.7 Å². The molecule has 3 aromatic rings. The number of nitrogens with zero attached hydrogens (tertiary/aromatic N) is 1. The molecule has 3 aromatic carbocycles. The van der Waals surface area contributed by atoms with Crippen LogP contribution in [0.1, 0.15) is 44.4 Å². The van der Waals surface area contributed by atoms with E-state index < -0.39 is 55.6 Å². The average Bonchev–Trinajstić information content (AvgIpc) is 3.71. The molecular weight excluding hydrogens is 625 g/mol. The Hall–Kier alpha value is -2.51. The van der Waals surface area contributed by atoms with Crippen molar-refractivity contribution < 1.29 is 47.2 Å². The SMILES string of the molecule is CC1(C)OCC([C@H]2O[C@H](N(O)[C@@H](COCc3ccccc3)P(=O)(OCc3ccccc3)OCc3ccccc3)[C@H]3OC(C)(C)O[C@H]32)O1. The number of hydrogen-bond acceptors (Lipinski definition) is 11. The molecule has 11 nitrogen and oxygen atoms in total. The lowest BCUT2D eigenvalue weighted by Gasteiger charge is -2.36. The Balaban J connectivity index is 1.30. The third kappa shape index (κ3) is 8.39. The summed E-state index contributed by atoms with van der Waals surface area (Å²) in [5.41, 5.74) is 2.49. The maximum absolute atomic E-state index is 15.0. The van der Waals surface area contributed by atoms with Crippen LogP contribution in [-0.4, -0.2) is 71.5 Å². The summed E-state index contributed by atoms with van der Waals surface area (Å²) >= 11 is 0. The van der Waals surface area contributed by atoms with E-state index >= 15 is 4.57 Å². The Labute approximate surface area is 276 Å². The van der Waals surface area contributed by atoms with Crippen LogP contribution in [0.5, 0.6) is 0 Å². The van der Waals surface area contributed by atoms with E-state index in [2.05, 4.69) is 0 Å². The largest absolute Gasteiger partial charge is 0.374 e. The van der Waals surface area contributed by atoms with E-state index in [0.717, 1.165) is 21.8 Å². The first kappa shape index (κ1) is 34.4. The van der Waals surface area contributed by atoms with Gasteiger partial charge in [-0.1, -0.05) is 91.0 Å². The van der Waals surface area contributed by atoms with Gasteiger partial charge in [0.25, 0.3) is 0 Å². The highest BCUT2D eigenvalue weighted by Crippen LogP contribution is 2.57. The van der Waals surface area contributed by atoms with Crippen molar-refractivity contribution in [2.45, 2.75) is 95.5 Å². The van der Waals surface area contributed by atoms with Crippen LogP contribution in [0.2, 0.25) is 0 Å². The molecule has 0 spiro atoms. The summed E-state index contributed by atoms with van der Waals surface area (Å²) in [6.07, 6.45) is -3.63. The van der Waals surface area contributed by atoms with Crippen molar-refractivity contribution in [2.75, 3.05) is 13.2 Å². The van der Waals surface area contributed by atoms with Crippen molar-refractivity contribution in [3.63, 3.8) is 0 Å². The van der Waals surface area contributed by atoms with E-state index in [-0.39, 0.29) is 33.0 Å². The van der Waals surface area contributed by atoms with Gasteiger partial charge in [0.1, 0.15) is 24.4 Å². The standard InChI is InChI=1S/C35H44NO10P/c1-34(2)40-23-28(44-34)30-31-32(46-35(3,4)45-31)33(43-30)36(37)29(24-39-20-25-14-8-5-9-15-25)47(38,41-21-26-16-10-6-11-17-26)42-22-27-18-12-7-13-19-27/h5-19,28-33,37H,20-24H2,1-4H3/t28?,29-,30-,31+,32+,33+/m1/s1. The highest BCUT2D eigenvalue weighted by Gasteiger charge is 2.62. The minimum Gasteiger partial charge on any atom is -0.374 e. The van der Waals surface area contributed by atoms with Gasteiger partial charge >= 0.3 is 7.60 Å². The van der Waals surface area contributed by atoms with Crippen LogP contribution in [0.3, 0.4) is 0 Å². The molecule has 6 rings (SSSR count). The van der Waals surface area contributed by atoms with Gasteiger partial charge in [-0.25, -0.2) is 0 Å². The van der Waals surface area contributed by atoms with Crippen LogP contribution >= 0.6 is 7.60 Å². The van der Waals surface area contributed by atoms with Gasteiger partial charge in [-0.15, -0.1) is 5.06 Å². The Kier molecular flexibility index (Phi) is 10.6. The summed E-state index contributed by atoms with van der Waals surface area (Å²) in [4.78, 5) is 0. The zero-order chi connectivity index (χ0) is 33.1. The second kappa shape index (κ2) is 14.5. The molecule has 3 aliphatic heterocycles. The predicted molar refractivity (Wildman–Crippen MR) is 171 cm³/mol. The van der Waals surface area contributed by atoms with Gasteiger partial charge in [0, 0.05) is 0 Å². The molecule has 3 saturated heterocycles. The number of fused-ring (bicyclic) bond motifs is 1. The normalized spacial score (nSPS) is 27.2. The first-order valence-corrected chi connectivity index (χ1v) is 17.5. The van der Waals surface area contributed by atoms with Crippen LogP contribution in [0, 0.1) is 0 Å². The zero-order valence-corrected chi connectivity index (χ0v) is 28.1. The Morgan fingerprint density at radius 3 is 1.77 bits per heavy atom. The highest BCUT2D eigenvalue weighted by molar-refractivity contribution is 7.54. The fraction of sp³-hybridized carbons (Fsp3) is 0.486. The minimum absolute atomic E-state index is 0.0227. The number of hydrogen-bond donors (Lipinski definition) is 1. The number of hydroxylamine groups is 2. The van der Waals surface area contributed by atoms with Gasteiger partial charge in [-0.3, -0.25) is 4.57 Å². The van der Waals surface area contributed by atoms with Crippen LogP contribution in [-0.2, 0) is 61.9 Å². The van der Waals surface area contributed by atoms with Crippen LogP contribution in [0.15, 0.2) is 91.0 Å². The maximum Gasteiger partial charge on any atom is 0.353 e. The van der Waals surface area contributed by atoms with Crippen molar-refractivity contribution in [1.82, 2.24) is 5.06 Å². The molecule has 0 bridgehead atoms. The van der Waals surface area contributed by atoms with Crippen molar-refractivity contribution in [3.8, 4) is 0 Å². The van der Waals surface area contributed by atoms with Gasteiger partial charge in [0.15, 0.2) is 23.6 Å². The van der Waals surface area contributed by atoms with Gasteiger partial charge in [-0.05, 0) is 44.4 Å².